The van der Waals surface area contributed by atoms with Crippen LogP contribution >= 0.6 is 0 Å². The quantitative estimate of drug-likeness (QED) is 0.523. The van der Waals surface area contributed by atoms with Crippen molar-refractivity contribution in [2.45, 2.75) is 19.4 Å². The molecule has 1 aromatic rings. The van der Waals surface area contributed by atoms with Gasteiger partial charge in [-0.05, 0) is 18.6 Å². The highest BCUT2D eigenvalue weighted by Gasteiger charge is 2.20. The number of benzene rings is 1. The minimum atomic E-state index is -1.35. The molecule has 3 N–H and O–H groups in total. The summed E-state index contributed by atoms with van der Waals surface area (Å²) in [6, 6.07) is 3.74. The van der Waals surface area contributed by atoms with Crippen LogP contribution in [0.25, 0.3) is 0 Å². The van der Waals surface area contributed by atoms with Crippen LogP contribution in [-0.2, 0) is 0 Å². The number of anilines is 1. The molecule has 0 aliphatic heterocycles. The molecule has 1 aromatic carbocycles. The van der Waals surface area contributed by atoms with E-state index in [2.05, 4.69) is 5.32 Å². The van der Waals surface area contributed by atoms with E-state index in [4.69, 9.17) is 5.11 Å². The monoisotopic (exact) mass is 254 g/mol. The molecule has 0 aliphatic carbocycles. The van der Waals surface area contributed by atoms with Crippen LogP contribution in [0, 0.1) is 10.1 Å². The largest absolute Gasteiger partial charge is 0.477 e. The Morgan fingerprint density at radius 3 is 2.72 bits per heavy atom. The number of carboxylic acids is 1. The van der Waals surface area contributed by atoms with Crippen molar-refractivity contribution >= 4 is 17.3 Å². The van der Waals surface area contributed by atoms with Gasteiger partial charge in [0.1, 0.15) is 5.56 Å². The van der Waals surface area contributed by atoms with E-state index in [1.54, 1.807) is 0 Å². The lowest BCUT2D eigenvalue weighted by Gasteiger charge is -2.10. The lowest BCUT2D eigenvalue weighted by molar-refractivity contribution is -0.385. The minimum absolute atomic E-state index is 0.250. The van der Waals surface area contributed by atoms with Gasteiger partial charge in [0.05, 0.1) is 11.0 Å². The number of aliphatic hydroxyl groups excluding tert-OH is 1. The molecule has 0 saturated heterocycles. The molecule has 0 radical (unpaired) electrons. The Morgan fingerprint density at radius 2 is 2.22 bits per heavy atom. The van der Waals surface area contributed by atoms with Crippen LogP contribution in [0.5, 0.6) is 0 Å². The second-order valence-electron chi connectivity index (χ2n) is 3.74. The van der Waals surface area contributed by atoms with Crippen molar-refractivity contribution in [2.75, 3.05) is 11.9 Å². The van der Waals surface area contributed by atoms with Gasteiger partial charge in [-0.2, -0.15) is 0 Å². The van der Waals surface area contributed by atoms with Crippen LogP contribution in [0.3, 0.4) is 0 Å². The predicted octanol–water partition coefficient (Wildman–Crippen LogP) is 1.48. The van der Waals surface area contributed by atoms with E-state index in [0.29, 0.717) is 12.1 Å². The van der Waals surface area contributed by atoms with Crippen molar-refractivity contribution in [2.24, 2.45) is 0 Å². The lowest BCUT2D eigenvalue weighted by Crippen LogP contribution is -2.18. The molecule has 98 valence electrons. The van der Waals surface area contributed by atoms with Gasteiger partial charge in [0.2, 0.25) is 0 Å². The molecule has 18 heavy (non-hydrogen) atoms. The van der Waals surface area contributed by atoms with Gasteiger partial charge in [-0.15, -0.1) is 0 Å². The summed E-state index contributed by atoms with van der Waals surface area (Å²) in [5, 5.41) is 31.7. The third kappa shape index (κ3) is 3.42. The average molecular weight is 254 g/mol. The standard InChI is InChI=1S/C11H14N2O5/c1-2-8(14)6-12-7-3-4-9(11(15)16)10(5-7)13(17)18/h3-5,8,12,14H,2,6H2,1H3,(H,15,16). The average Bonchev–Trinajstić information content (AvgIpc) is 2.35. The van der Waals surface area contributed by atoms with E-state index in [0.717, 1.165) is 6.07 Å². The van der Waals surface area contributed by atoms with E-state index in [1.807, 2.05) is 6.92 Å². The number of nitrogens with zero attached hydrogens (tertiary/aromatic N) is 1. The van der Waals surface area contributed by atoms with Gasteiger partial charge in [-0.3, -0.25) is 10.1 Å². The fourth-order valence-corrected chi connectivity index (χ4v) is 1.35. The first-order valence-corrected chi connectivity index (χ1v) is 5.39. The molecule has 0 saturated carbocycles. The molecule has 0 amide bonds. The molecule has 0 spiro atoms. The molecule has 1 atom stereocenters. The van der Waals surface area contributed by atoms with Gasteiger partial charge >= 0.3 is 5.97 Å². The number of nitro groups is 1. The summed E-state index contributed by atoms with van der Waals surface area (Å²) in [5.74, 6) is -1.35. The molecule has 0 fully saturated rings. The Balaban J connectivity index is 2.93. The fourth-order valence-electron chi connectivity index (χ4n) is 1.35. The van der Waals surface area contributed by atoms with Crippen LogP contribution in [-0.4, -0.2) is 33.8 Å². The van der Waals surface area contributed by atoms with Gasteiger partial charge in [-0.25, -0.2) is 4.79 Å². The first kappa shape index (κ1) is 13.9. The molecular weight excluding hydrogens is 240 g/mol. The van der Waals surface area contributed by atoms with E-state index in [-0.39, 0.29) is 12.1 Å². The lowest BCUT2D eigenvalue weighted by atomic mass is 10.1. The molecule has 1 unspecified atom stereocenters. The van der Waals surface area contributed by atoms with E-state index in [1.165, 1.54) is 12.1 Å². The normalized spacial score (nSPS) is 11.9. The Labute approximate surface area is 103 Å². The molecular formula is C11H14N2O5. The van der Waals surface area contributed by atoms with Gasteiger partial charge in [0.15, 0.2) is 0 Å². The smallest absolute Gasteiger partial charge is 0.342 e. The first-order valence-electron chi connectivity index (χ1n) is 5.39. The van der Waals surface area contributed by atoms with E-state index < -0.39 is 22.7 Å². The maximum atomic E-state index is 10.8. The third-order valence-electron chi connectivity index (χ3n) is 2.44. The number of aromatic carboxylic acids is 1. The highest BCUT2D eigenvalue weighted by atomic mass is 16.6. The van der Waals surface area contributed by atoms with Crippen LogP contribution < -0.4 is 5.32 Å². The van der Waals surface area contributed by atoms with Gasteiger partial charge in [0.25, 0.3) is 5.69 Å². The zero-order chi connectivity index (χ0) is 13.7. The van der Waals surface area contributed by atoms with Crippen molar-refractivity contribution < 1.29 is 19.9 Å². The van der Waals surface area contributed by atoms with Crippen LogP contribution in [0.2, 0.25) is 0 Å². The molecule has 0 heterocycles. The van der Waals surface area contributed by atoms with Crippen molar-refractivity contribution in [3.8, 4) is 0 Å². The summed E-state index contributed by atoms with van der Waals surface area (Å²) >= 11 is 0. The van der Waals surface area contributed by atoms with Crippen LogP contribution in [0.15, 0.2) is 18.2 Å². The van der Waals surface area contributed by atoms with E-state index in [9.17, 15) is 20.0 Å². The third-order valence-corrected chi connectivity index (χ3v) is 2.44. The zero-order valence-corrected chi connectivity index (χ0v) is 9.79. The number of rotatable bonds is 6. The molecule has 1 rings (SSSR count). The Morgan fingerprint density at radius 1 is 1.56 bits per heavy atom. The molecule has 0 aromatic heterocycles. The fraction of sp³-hybridized carbons (Fsp3) is 0.364. The van der Waals surface area contributed by atoms with Crippen LogP contribution in [0.4, 0.5) is 11.4 Å². The second-order valence-corrected chi connectivity index (χ2v) is 3.74. The SMILES string of the molecule is CCC(O)CNc1ccc(C(=O)O)c([N+](=O)[O-])c1. The number of hydrogen-bond acceptors (Lipinski definition) is 5. The number of aliphatic hydroxyl groups is 1. The predicted molar refractivity (Wildman–Crippen MR) is 64.8 cm³/mol. The van der Waals surface area contributed by atoms with Crippen molar-refractivity contribution in [1.82, 2.24) is 0 Å². The number of carbonyl (C=O) groups is 1. The van der Waals surface area contributed by atoms with Gasteiger partial charge < -0.3 is 15.5 Å². The number of carboxylic acid groups (broad SMARTS) is 1. The number of nitrogens with one attached hydrogen (secondary N) is 1. The number of hydrogen-bond donors (Lipinski definition) is 3. The summed E-state index contributed by atoms with van der Waals surface area (Å²) in [7, 11) is 0. The second kappa shape index (κ2) is 5.97. The van der Waals surface area contributed by atoms with Crippen molar-refractivity contribution in [1.29, 1.82) is 0 Å². The van der Waals surface area contributed by atoms with Gasteiger partial charge in [0, 0.05) is 18.3 Å². The molecule has 7 heteroatoms. The summed E-state index contributed by atoms with van der Waals surface area (Å²) < 4.78 is 0. The Kier molecular flexibility index (Phi) is 4.61. The Bertz CT molecular complexity index is 461. The first-order chi connectivity index (χ1) is 8.45. The summed E-state index contributed by atoms with van der Waals surface area (Å²) in [4.78, 5) is 20.8. The van der Waals surface area contributed by atoms with Crippen molar-refractivity contribution in [3.05, 3.63) is 33.9 Å². The van der Waals surface area contributed by atoms with Gasteiger partial charge in [-0.1, -0.05) is 6.92 Å². The highest BCUT2D eigenvalue weighted by molar-refractivity contribution is 5.93. The minimum Gasteiger partial charge on any atom is -0.477 e. The zero-order valence-electron chi connectivity index (χ0n) is 9.79. The molecule has 0 aliphatic rings. The maximum Gasteiger partial charge on any atom is 0.342 e. The maximum absolute atomic E-state index is 10.8. The Hall–Kier alpha value is -2.15. The summed E-state index contributed by atoms with van der Waals surface area (Å²) in [6.45, 7) is 2.06. The topological polar surface area (TPSA) is 113 Å². The molecule has 7 nitrogen and oxygen atoms in total. The van der Waals surface area contributed by atoms with E-state index >= 15 is 0 Å². The highest BCUT2D eigenvalue weighted by Crippen LogP contribution is 2.23. The molecule has 0 bridgehead atoms. The summed E-state index contributed by atoms with van der Waals surface area (Å²) in [5.41, 5.74) is -0.431. The number of nitro benzene ring substituents is 1. The summed E-state index contributed by atoms with van der Waals surface area (Å²) in [6.07, 6.45) is 0.00525. The van der Waals surface area contributed by atoms with Crippen molar-refractivity contribution in [3.63, 3.8) is 0 Å². The van der Waals surface area contributed by atoms with Crippen LogP contribution in [0.1, 0.15) is 23.7 Å².